The minimum Gasteiger partial charge on any atom is -0.371 e. The van der Waals surface area contributed by atoms with E-state index in [9.17, 15) is 4.79 Å². The van der Waals surface area contributed by atoms with Crippen LogP contribution in [-0.4, -0.2) is 34.9 Å². The molecule has 0 N–H and O–H groups in total. The Hall–Kier alpha value is -0.493. The zero-order chi connectivity index (χ0) is 11.7. The third kappa shape index (κ3) is 5.22. The molecule has 0 spiro atoms. The summed E-state index contributed by atoms with van der Waals surface area (Å²) in [5, 5.41) is 0. The van der Waals surface area contributed by atoms with E-state index in [0.717, 1.165) is 6.29 Å². The molecule has 0 radical (unpaired) electrons. The third-order valence-corrected chi connectivity index (χ3v) is 4.51. The molecular weight excluding hydrogens is 212 g/mol. The van der Waals surface area contributed by atoms with Crippen LogP contribution in [0.3, 0.4) is 0 Å². The lowest BCUT2D eigenvalue weighted by atomic mass is 10.4. The standard InChI is InChI=1S/C10H20O4Si/c1-5-12-15(13-6-2,14-7-3)9-10(4)8-11/h8-9H,5-7H2,1-4H3. The number of carbonyl (C=O) groups is 1. The molecule has 0 aromatic carbocycles. The van der Waals surface area contributed by atoms with Crippen molar-refractivity contribution in [1.29, 1.82) is 0 Å². The van der Waals surface area contributed by atoms with Gasteiger partial charge in [0.1, 0.15) is 6.29 Å². The van der Waals surface area contributed by atoms with Crippen LogP contribution in [0.15, 0.2) is 11.3 Å². The SMILES string of the molecule is CCO[Si](C=C(C)C=O)(OCC)OCC. The van der Waals surface area contributed by atoms with E-state index in [0.29, 0.717) is 25.4 Å². The summed E-state index contributed by atoms with van der Waals surface area (Å²) in [5.74, 6) is 0. The average molecular weight is 232 g/mol. The minimum absolute atomic E-state index is 0.509. The fraction of sp³-hybridized carbons (Fsp3) is 0.700. The molecule has 0 fully saturated rings. The number of rotatable bonds is 8. The molecule has 0 saturated heterocycles. The number of allylic oxidation sites excluding steroid dienone is 1. The van der Waals surface area contributed by atoms with Crippen LogP contribution in [-0.2, 0) is 18.1 Å². The van der Waals surface area contributed by atoms with Crippen LogP contribution in [0.1, 0.15) is 27.7 Å². The van der Waals surface area contributed by atoms with Crippen molar-refractivity contribution >= 4 is 15.1 Å². The lowest BCUT2D eigenvalue weighted by molar-refractivity contribution is -0.104. The van der Waals surface area contributed by atoms with E-state index in [2.05, 4.69) is 0 Å². The molecular formula is C10H20O4Si. The van der Waals surface area contributed by atoms with Crippen molar-refractivity contribution in [3.05, 3.63) is 11.3 Å². The predicted molar refractivity (Wildman–Crippen MR) is 60.5 cm³/mol. The third-order valence-electron chi connectivity index (χ3n) is 1.63. The molecule has 0 unspecified atom stereocenters. The van der Waals surface area contributed by atoms with Gasteiger partial charge in [-0.3, -0.25) is 4.79 Å². The van der Waals surface area contributed by atoms with Crippen molar-refractivity contribution < 1.29 is 18.1 Å². The summed E-state index contributed by atoms with van der Waals surface area (Å²) < 4.78 is 16.6. The molecule has 0 amide bonds. The van der Waals surface area contributed by atoms with Gasteiger partial charge in [-0.1, -0.05) is 0 Å². The van der Waals surface area contributed by atoms with Crippen molar-refractivity contribution in [2.45, 2.75) is 27.7 Å². The summed E-state index contributed by atoms with van der Waals surface area (Å²) in [4.78, 5) is 10.6. The van der Waals surface area contributed by atoms with E-state index in [1.807, 2.05) is 20.8 Å². The average Bonchev–Trinajstić information content (AvgIpc) is 2.18. The first-order valence-electron chi connectivity index (χ1n) is 5.20. The molecule has 0 atom stereocenters. The summed E-state index contributed by atoms with van der Waals surface area (Å²) in [7, 11) is -2.77. The molecule has 0 aromatic heterocycles. The summed E-state index contributed by atoms with van der Waals surface area (Å²) in [6, 6.07) is 0. The van der Waals surface area contributed by atoms with Crippen LogP contribution in [0.5, 0.6) is 0 Å². The predicted octanol–water partition coefficient (Wildman–Crippen LogP) is 1.72. The van der Waals surface area contributed by atoms with Crippen LogP contribution in [0.4, 0.5) is 0 Å². The van der Waals surface area contributed by atoms with E-state index in [1.54, 1.807) is 12.6 Å². The molecule has 0 saturated carbocycles. The van der Waals surface area contributed by atoms with Gasteiger partial charge in [0.15, 0.2) is 0 Å². The summed E-state index contributed by atoms with van der Waals surface area (Å²) in [5.41, 5.74) is 2.27. The number of carbonyl (C=O) groups excluding carboxylic acids is 1. The number of aldehydes is 1. The van der Waals surface area contributed by atoms with Gasteiger partial charge in [0.25, 0.3) is 0 Å². The van der Waals surface area contributed by atoms with Crippen molar-refractivity contribution in [3.8, 4) is 0 Å². The van der Waals surface area contributed by atoms with Gasteiger partial charge >= 0.3 is 8.80 Å². The Kier molecular flexibility index (Phi) is 7.50. The highest BCUT2D eigenvalue weighted by Gasteiger charge is 2.38. The van der Waals surface area contributed by atoms with Gasteiger partial charge in [0.2, 0.25) is 0 Å². The Morgan fingerprint density at radius 2 is 1.47 bits per heavy atom. The maximum absolute atomic E-state index is 10.6. The molecule has 0 aliphatic heterocycles. The first kappa shape index (κ1) is 14.5. The molecule has 0 aliphatic rings. The second kappa shape index (κ2) is 7.75. The fourth-order valence-corrected chi connectivity index (χ4v) is 3.50. The number of hydrogen-bond acceptors (Lipinski definition) is 4. The van der Waals surface area contributed by atoms with Gasteiger partial charge in [-0.2, -0.15) is 0 Å². The van der Waals surface area contributed by atoms with Gasteiger partial charge in [-0.25, -0.2) is 0 Å². The molecule has 0 aliphatic carbocycles. The summed E-state index contributed by atoms with van der Waals surface area (Å²) in [6.45, 7) is 8.88. The van der Waals surface area contributed by atoms with Crippen molar-refractivity contribution in [2.75, 3.05) is 19.8 Å². The zero-order valence-corrected chi connectivity index (χ0v) is 10.9. The molecule has 0 aromatic rings. The Morgan fingerprint density at radius 1 is 1.07 bits per heavy atom. The lowest BCUT2D eigenvalue weighted by Gasteiger charge is -2.25. The Morgan fingerprint density at radius 3 is 1.73 bits per heavy atom. The van der Waals surface area contributed by atoms with Crippen LogP contribution >= 0.6 is 0 Å². The summed E-state index contributed by atoms with van der Waals surface area (Å²) in [6.07, 6.45) is 0.777. The maximum Gasteiger partial charge on any atom is 0.529 e. The molecule has 88 valence electrons. The van der Waals surface area contributed by atoms with Crippen molar-refractivity contribution in [1.82, 2.24) is 0 Å². The second-order valence-electron chi connectivity index (χ2n) is 2.91. The smallest absolute Gasteiger partial charge is 0.371 e. The van der Waals surface area contributed by atoms with Gasteiger partial charge < -0.3 is 13.3 Å². The van der Waals surface area contributed by atoms with E-state index in [-0.39, 0.29) is 0 Å². The van der Waals surface area contributed by atoms with Crippen LogP contribution in [0.25, 0.3) is 0 Å². The quantitative estimate of drug-likeness (QED) is 0.363. The summed E-state index contributed by atoms with van der Waals surface area (Å²) >= 11 is 0. The van der Waals surface area contributed by atoms with Crippen LogP contribution in [0, 0.1) is 0 Å². The van der Waals surface area contributed by atoms with Crippen LogP contribution < -0.4 is 0 Å². The second-order valence-corrected chi connectivity index (χ2v) is 5.27. The molecule has 4 nitrogen and oxygen atoms in total. The molecule has 0 rings (SSSR count). The van der Waals surface area contributed by atoms with E-state index >= 15 is 0 Å². The normalized spacial score (nSPS) is 12.9. The van der Waals surface area contributed by atoms with E-state index in [1.165, 1.54) is 0 Å². The highest BCUT2D eigenvalue weighted by atomic mass is 28.4. The molecule has 0 heterocycles. The first-order chi connectivity index (χ1) is 7.14. The van der Waals surface area contributed by atoms with E-state index < -0.39 is 8.80 Å². The highest BCUT2D eigenvalue weighted by molar-refractivity contribution is 6.66. The molecule has 15 heavy (non-hydrogen) atoms. The lowest BCUT2D eigenvalue weighted by Crippen LogP contribution is -2.44. The topological polar surface area (TPSA) is 44.8 Å². The van der Waals surface area contributed by atoms with Gasteiger partial charge in [-0.05, 0) is 39.0 Å². The first-order valence-corrected chi connectivity index (χ1v) is 7.00. The van der Waals surface area contributed by atoms with Gasteiger partial charge in [0.05, 0.1) is 0 Å². The Balaban J connectivity index is 4.82. The largest absolute Gasteiger partial charge is 0.529 e. The van der Waals surface area contributed by atoms with Crippen molar-refractivity contribution in [2.24, 2.45) is 0 Å². The molecule has 5 heteroatoms. The minimum atomic E-state index is -2.77. The maximum atomic E-state index is 10.6. The highest BCUT2D eigenvalue weighted by Crippen LogP contribution is 2.13. The molecule has 0 bridgehead atoms. The van der Waals surface area contributed by atoms with Crippen LogP contribution in [0.2, 0.25) is 0 Å². The van der Waals surface area contributed by atoms with Crippen molar-refractivity contribution in [3.63, 3.8) is 0 Å². The monoisotopic (exact) mass is 232 g/mol. The Bertz CT molecular complexity index is 198. The van der Waals surface area contributed by atoms with Gasteiger partial charge in [-0.15, -0.1) is 0 Å². The van der Waals surface area contributed by atoms with E-state index in [4.69, 9.17) is 13.3 Å². The Labute approximate surface area is 92.6 Å². The number of hydrogen-bond donors (Lipinski definition) is 0. The zero-order valence-electron chi connectivity index (χ0n) is 9.91. The fourth-order valence-electron chi connectivity index (χ4n) is 1.17. The van der Waals surface area contributed by atoms with Gasteiger partial charge in [0, 0.05) is 19.8 Å².